The van der Waals surface area contributed by atoms with Gasteiger partial charge in [-0.3, -0.25) is 0 Å². The number of rotatable bonds is 0. The van der Waals surface area contributed by atoms with Gasteiger partial charge in [0, 0.05) is 4.47 Å². The molecular weight excluding hydrogens is 236 g/mol. The second kappa shape index (κ2) is 3.69. The number of aryl methyl sites for hydroxylation is 1. The van der Waals surface area contributed by atoms with E-state index in [1.165, 1.54) is 26.7 Å². The van der Waals surface area contributed by atoms with Gasteiger partial charge in [-0.25, -0.2) is 0 Å². The second-order valence-electron chi connectivity index (χ2n) is 5.06. The molecule has 14 heavy (non-hydrogen) atoms. The number of hydrogen-bond acceptors (Lipinski definition) is 0. The monoisotopic (exact) mass is 254 g/mol. The minimum atomic E-state index is 0.210. The lowest BCUT2D eigenvalue weighted by Gasteiger charge is -2.24. The Labute approximate surface area is 95.9 Å². The van der Waals surface area contributed by atoms with Crippen molar-refractivity contribution in [3.63, 3.8) is 0 Å². The SMILES string of the molecule is Cc1cc(C(C)(C)C)c(Br)c(C)c1C. The Morgan fingerprint density at radius 2 is 1.50 bits per heavy atom. The minimum Gasteiger partial charge on any atom is -0.0560 e. The smallest absolute Gasteiger partial charge is 0.0244 e. The highest BCUT2D eigenvalue weighted by Gasteiger charge is 2.19. The third-order valence-corrected chi connectivity index (χ3v) is 3.91. The van der Waals surface area contributed by atoms with Crippen LogP contribution in [-0.2, 0) is 5.41 Å². The molecule has 1 heteroatoms. The molecule has 1 aromatic carbocycles. The Kier molecular flexibility index (Phi) is 3.10. The summed E-state index contributed by atoms with van der Waals surface area (Å²) in [5.74, 6) is 0. The molecule has 0 nitrogen and oxygen atoms in total. The van der Waals surface area contributed by atoms with Crippen molar-refractivity contribution < 1.29 is 0 Å². The number of halogens is 1. The standard InChI is InChI=1S/C13H19Br/c1-8-7-11(13(4,5)6)12(14)10(3)9(8)2/h7H,1-6H3. The van der Waals surface area contributed by atoms with Gasteiger partial charge < -0.3 is 0 Å². The molecule has 0 heterocycles. The highest BCUT2D eigenvalue weighted by molar-refractivity contribution is 9.10. The van der Waals surface area contributed by atoms with E-state index < -0.39 is 0 Å². The number of hydrogen-bond donors (Lipinski definition) is 0. The Balaban J connectivity index is 3.49. The molecule has 0 N–H and O–H groups in total. The van der Waals surface area contributed by atoms with E-state index >= 15 is 0 Å². The molecule has 0 unspecified atom stereocenters. The maximum Gasteiger partial charge on any atom is 0.0244 e. The van der Waals surface area contributed by atoms with Crippen LogP contribution in [0.5, 0.6) is 0 Å². The van der Waals surface area contributed by atoms with Crippen LogP contribution in [0.15, 0.2) is 10.5 Å². The van der Waals surface area contributed by atoms with Crippen LogP contribution >= 0.6 is 15.9 Å². The van der Waals surface area contributed by atoms with Gasteiger partial charge in [-0.2, -0.15) is 0 Å². The zero-order valence-corrected chi connectivity index (χ0v) is 11.5. The van der Waals surface area contributed by atoms with E-state index in [4.69, 9.17) is 0 Å². The van der Waals surface area contributed by atoms with E-state index in [1.807, 2.05) is 0 Å². The molecule has 0 saturated carbocycles. The summed E-state index contributed by atoms with van der Waals surface area (Å²) in [5.41, 5.74) is 5.76. The van der Waals surface area contributed by atoms with E-state index in [-0.39, 0.29) is 5.41 Å². The first kappa shape index (κ1) is 11.8. The van der Waals surface area contributed by atoms with E-state index in [0.717, 1.165) is 0 Å². The third-order valence-electron chi connectivity index (χ3n) is 2.89. The van der Waals surface area contributed by atoms with Gasteiger partial charge in [0.15, 0.2) is 0 Å². The summed E-state index contributed by atoms with van der Waals surface area (Å²) in [6.45, 7) is 13.3. The molecule has 0 spiro atoms. The summed E-state index contributed by atoms with van der Waals surface area (Å²) in [4.78, 5) is 0. The van der Waals surface area contributed by atoms with Gasteiger partial charge in [-0.1, -0.05) is 42.8 Å². The van der Waals surface area contributed by atoms with Gasteiger partial charge in [-0.05, 0) is 48.4 Å². The summed E-state index contributed by atoms with van der Waals surface area (Å²) in [5, 5.41) is 0. The van der Waals surface area contributed by atoms with Crippen molar-refractivity contribution in [3.05, 3.63) is 32.8 Å². The van der Waals surface area contributed by atoms with E-state index in [2.05, 4.69) is 63.5 Å². The van der Waals surface area contributed by atoms with E-state index in [1.54, 1.807) is 0 Å². The molecule has 0 amide bonds. The van der Waals surface area contributed by atoms with E-state index in [9.17, 15) is 0 Å². The van der Waals surface area contributed by atoms with Crippen LogP contribution in [-0.4, -0.2) is 0 Å². The molecule has 0 aliphatic carbocycles. The highest BCUT2D eigenvalue weighted by Crippen LogP contribution is 2.34. The summed E-state index contributed by atoms with van der Waals surface area (Å²) in [7, 11) is 0. The van der Waals surface area contributed by atoms with Crippen molar-refractivity contribution >= 4 is 15.9 Å². The largest absolute Gasteiger partial charge is 0.0560 e. The average molecular weight is 255 g/mol. The van der Waals surface area contributed by atoms with Crippen molar-refractivity contribution in [2.24, 2.45) is 0 Å². The Morgan fingerprint density at radius 3 is 1.93 bits per heavy atom. The van der Waals surface area contributed by atoms with Gasteiger partial charge in [-0.15, -0.1) is 0 Å². The molecule has 0 atom stereocenters. The fourth-order valence-electron chi connectivity index (χ4n) is 1.60. The molecule has 1 aromatic rings. The molecule has 0 radical (unpaired) electrons. The van der Waals surface area contributed by atoms with Gasteiger partial charge >= 0.3 is 0 Å². The van der Waals surface area contributed by atoms with Gasteiger partial charge in [0.2, 0.25) is 0 Å². The molecule has 0 aromatic heterocycles. The van der Waals surface area contributed by atoms with Crippen molar-refractivity contribution in [2.75, 3.05) is 0 Å². The van der Waals surface area contributed by atoms with Crippen LogP contribution in [0.1, 0.15) is 43.0 Å². The fourth-order valence-corrected chi connectivity index (χ4v) is 2.60. The molecule has 78 valence electrons. The van der Waals surface area contributed by atoms with Crippen molar-refractivity contribution in [1.29, 1.82) is 0 Å². The lowest BCUT2D eigenvalue weighted by atomic mass is 9.84. The topological polar surface area (TPSA) is 0 Å². The summed E-state index contributed by atoms with van der Waals surface area (Å²) < 4.78 is 1.27. The summed E-state index contributed by atoms with van der Waals surface area (Å²) in [6.07, 6.45) is 0. The Bertz CT molecular complexity index is 356. The third kappa shape index (κ3) is 2.03. The first-order chi connectivity index (χ1) is 6.25. The fraction of sp³-hybridized carbons (Fsp3) is 0.538. The first-order valence-corrected chi connectivity index (χ1v) is 5.81. The van der Waals surface area contributed by atoms with E-state index in [0.29, 0.717) is 0 Å². The molecule has 0 bridgehead atoms. The van der Waals surface area contributed by atoms with Crippen LogP contribution in [0, 0.1) is 20.8 Å². The summed E-state index contributed by atoms with van der Waals surface area (Å²) in [6, 6.07) is 2.30. The van der Waals surface area contributed by atoms with Gasteiger partial charge in [0.05, 0.1) is 0 Å². The van der Waals surface area contributed by atoms with Crippen molar-refractivity contribution in [2.45, 2.75) is 47.0 Å². The van der Waals surface area contributed by atoms with Crippen LogP contribution < -0.4 is 0 Å². The number of benzene rings is 1. The molecule has 0 aliphatic rings. The quantitative estimate of drug-likeness (QED) is 0.631. The zero-order chi connectivity index (χ0) is 11.1. The highest BCUT2D eigenvalue weighted by atomic mass is 79.9. The predicted octanol–water partition coefficient (Wildman–Crippen LogP) is 4.67. The van der Waals surface area contributed by atoms with Crippen LogP contribution in [0.3, 0.4) is 0 Å². The van der Waals surface area contributed by atoms with Gasteiger partial charge in [0.25, 0.3) is 0 Å². The Morgan fingerprint density at radius 1 is 1.00 bits per heavy atom. The van der Waals surface area contributed by atoms with Crippen LogP contribution in [0.4, 0.5) is 0 Å². The molecular formula is C13H19Br. The molecule has 0 saturated heterocycles. The lowest BCUT2D eigenvalue weighted by molar-refractivity contribution is 0.585. The minimum absolute atomic E-state index is 0.210. The second-order valence-corrected chi connectivity index (χ2v) is 5.85. The van der Waals surface area contributed by atoms with Crippen molar-refractivity contribution in [3.8, 4) is 0 Å². The maximum absolute atomic E-state index is 3.70. The first-order valence-electron chi connectivity index (χ1n) is 5.02. The summed E-state index contributed by atoms with van der Waals surface area (Å²) >= 11 is 3.70. The zero-order valence-electron chi connectivity index (χ0n) is 9.96. The predicted molar refractivity (Wildman–Crippen MR) is 67.1 cm³/mol. The van der Waals surface area contributed by atoms with Gasteiger partial charge in [0.1, 0.15) is 0 Å². The molecule has 0 fully saturated rings. The average Bonchev–Trinajstić information content (AvgIpc) is 2.06. The van der Waals surface area contributed by atoms with Crippen LogP contribution in [0.2, 0.25) is 0 Å². The lowest BCUT2D eigenvalue weighted by Crippen LogP contribution is -2.13. The molecule has 0 aliphatic heterocycles. The normalized spacial score (nSPS) is 11.9. The maximum atomic E-state index is 3.70. The van der Waals surface area contributed by atoms with Crippen molar-refractivity contribution in [1.82, 2.24) is 0 Å². The molecule has 1 rings (SSSR count). The van der Waals surface area contributed by atoms with Crippen LogP contribution in [0.25, 0.3) is 0 Å². The Hall–Kier alpha value is -0.300.